The van der Waals surface area contributed by atoms with Crippen LogP contribution in [0.5, 0.6) is 0 Å². The number of rotatable bonds is 2. The van der Waals surface area contributed by atoms with Gasteiger partial charge in [0.05, 0.1) is 0 Å². The number of allylic oxidation sites excluding steroid dienone is 1. The first kappa shape index (κ1) is 6.87. The summed E-state index contributed by atoms with van der Waals surface area (Å²) in [7, 11) is -0.831. The molecule has 0 saturated heterocycles. The van der Waals surface area contributed by atoms with Gasteiger partial charge in [-0.2, -0.15) is 0 Å². The summed E-state index contributed by atoms with van der Waals surface area (Å²) < 4.78 is 0. The van der Waals surface area contributed by atoms with Crippen molar-refractivity contribution in [3.63, 3.8) is 0 Å². The molecule has 0 aromatic heterocycles. The Morgan fingerprint density at radius 3 is 1.86 bits per heavy atom. The second kappa shape index (κ2) is 2.25. The van der Waals surface area contributed by atoms with E-state index in [4.69, 9.17) is 0 Å². The Labute approximate surface area is 47.3 Å². The topological polar surface area (TPSA) is 0 Å². The molecule has 0 N–H and O–H groups in total. The van der Waals surface area contributed by atoms with Crippen molar-refractivity contribution in [2.75, 3.05) is 0 Å². The molecule has 0 atom stereocenters. The lowest BCUT2D eigenvalue weighted by atomic mass is 10.8. The van der Waals surface area contributed by atoms with Gasteiger partial charge in [0, 0.05) is 0 Å². The third-order valence-electron chi connectivity index (χ3n) is 0.655. The maximum Gasteiger partial charge on any atom is 0.210 e. The number of hydrogen-bond acceptors (Lipinski definition) is 0. The van der Waals surface area contributed by atoms with Crippen molar-refractivity contribution in [2.45, 2.75) is 25.7 Å². The van der Waals surface area contributed by atoms with Gasteiger partial charge in [0.1, 0.15) is 14.7 Å². The molecule has 0 fully saturated rings. The van der Waals surface area contributed by atoms with Gasteiger partial charge in [-0.15, -0.1) is 0 Å². The Morgan fingerprint density at radius 1 is 1.43 bits per heavy atom. The summed E-state index contributed by atoms with van der Waals surface area (Å²) in [4.78, 5) is 0. The van der Waals surface area contributed by atoms with Crippen LogP contribution < -0.4 is 0 Å². The highest BCUT2D eigenvalue weighted by Gasteiger charge is 2.16. The summed E-state index contributed by atoms with van der Waals surface area (Å²) in [5.74, 6) is 0. The standard InChI is InChI=1S/C6H13Si/c1-5-6-7(2,3)4/h1,6H2,2-4H3/q+1. The molecule has 0 unspecified atom stereocenters. The average molecular weight is 113 g/mol. The quantitative estimate of drug-likeness (QED) is 0.381. The molecular formula is C6H13Si+. The monoisotopic (exact) mass is 113 g/mol. The fourth-order valence-electron chi connectivity index (χ4n) is 0.375. The summed E-state index contributed by atoms with van der Waals surface area (Å²) in [5, 5.41) is 0. The van der Waals surface area contributed by atoms with Crippen molar-refractivity contribution < 1.29 is 0 Å². The molecule has 0 heterocycles. The first-order valence-electron chi connectivity index (χ1n) is 2.56. The van der Waals surface area contributed by atoms with E-state index in [0.717, 1.165) is 6.04 Å². The fraction of sp³-hybridized carbons (Fsp3) is 0.667. The van der Waals surface area contributed by atoms with Gasteiger partial charge in [-0.05, 0) is 0 Å². The summed E-state index contributed by atoms with van der Waals surface area (Å²) in [5.41, 5.74) is 0. The van der Waals surface area contributed by atoms with Crippen molar-refractivity contribution in [3.05, 3.63) is 12.7 Å². The molecule has 0 aromatic carbocycles. The first-order chi connectivity index (χ1) is 3.06. The van der Waals surface area contributed by atoms with E-state index in [9.17, 15) is 0 Å². The highest BCUT2D eigenvalue weighted by Crippen LogP contribution is 2.05. The van der Waals surface area contributed by atoms with Crippen molar-refractivity contribution in [2.24, 2.45) is 0 Å². The van der Waals surface area contributed by atoms with Gasteiger partial charge in [-0.1, -0.05) is 19.6 Å². The maximum absolute atomic E-state index is 3.56. The number of hydrogen-bond donors (Lipinski definition) is 0. The SMILES string of the molecule is C=[C+]C[Si](C)(C)C. The van der Waals surface area contributed by atoms with Gasteiger partial charge < -0.3 is 0 Å². The second-order valence-electron chi connectivity index (χ2n) is 2.99. The third kappa shape index (κ3) is 5.87. The minimum atomic E-state index is -0.831. The molecule has 0 amide bonds. The highest BCUT2D eigenvalue weighted by atomic mass is 28.3. The van der Waals surface area contributed by atoms with Crippen molar-refractivity contribution in [1.82, 2.24) is 0 Å². The fourth-order valence-corrected chi connectivity index (χ4v) is 1.12. The molecule has 0 aliphatic carbocycles. The minimum absolute atomic E-state index is 0.831. The summed E-state index contributed by atoms with van der Waals surface area (Å²) in [6, 6.07) is 1.12. The van der Waals surface area contributed by atoms with Crippen LogP contribution in [0.25, 0.3) is 0 Å². The van der Waals surface area contributed by atoms with Crippen molar-refractivity contribution >= 4 is 8.07 Å². The molecule has 7 heavy (non-hydrogen) atoms. The maximum atomic E-state index is 3.56. The van der Waals surface area contributed by atoms with E-state index in [-0.39, 0.29) is 0 Å². The molecule has 0 spiro atoms. The van der Waals surface area contributed by atoms with Gasteiger partial charge in [0.2, 0.25) is 6.08 Å². The van der Waals surface area contributed by atoms with E-state index in [1.165, 1.54) is 0 Å². The van der Waals surface area contributed by atoms with Crippen molar-refractivity contribution in [3.8, 4) is 0 Å². The zero-order valence-corrected chi connectivity index (χ0v) is 6.41. The summed E-state index contributed by atoms with van der Waals surface area (Å²) >= 11 is 0. The van der Waals surface area contributed by atoms with Crippen LogP contribution >= 0.6 is 0 Å². The van der Waals surface area contributed by atoms with E-state index < -0.39 is 8.07 Å². The zero-order chi connectivity index (χ0) is 5.91. The molecule has 0 saturated carbocycles. The summed E-state index contributed by atoms with van der Waals surface area (Å²) in [6.07, 6.45) is 2.92. The molecule has 0 aliphatic heterocycles. The van der Waals surface area contributed by atoms with Gasteiger partial charge in [0.25, 0.3) is 0 Å². The van der Waals surface area contributed by atoms with Crippen LogP contribution in [-0.4, -0.2) is 8.07 Å². The normalized spacial score (nSPS) is 10.7. The second-order valence-corrected chi connectivity index (χ2v) is 8.46. The van der Waals surface area contributed by atoms with Gasteiger partial charge >= 0.3 is 0 Å². The van der Waals surface area contributed by atoms with Gasteiger partial charge in [-0.25, -0.2) is 0 Å². The van der Waals surface area contributed by atoms with E-state index in [1.54, 1.807) is 0 Å². The Morgan fingerprint density at radius 2 is 1.86 bits per heavy atom. The van der Waals surface area contributed by atoms with Crippen LogP contribution in [-0.2, 0) is 0 Å². The Kier molecular flexibility index (Phi) is 2.20. The van der Waals surface area contributed by atoms with Crippen LogP contribution in [0.15, 0.2) is 6.58 Å². The lowest BCUT2D eigenvalue weighted by Gasteiger charge is -2.02. The largest absolute Gasteiger partial charge is 0.210 e. The smallest absolute Gasteiger partial charge is 0.0651 e. The van der Waals surface area contributed by atoms with Crippen LogP contribution in [0.4, 0.5) is 0 Å². The van der Waals surface area contributed by atoms with Gasteiger partial charge in [0.15, 0.2) is 6.04 Å². The first-order valence-corrected chi connectivity index (χ1v) is 6.27. The predicted molar refractivity (Wildman–Crippen MR) is 37.0 cm³/mol. The molecule has 40 valence electrons. The Hall–Kier alpha value is -0.133. The molecule has 0 radical (unpaired) electrons. The Bertz CT molecular complexity index is 59.1. The van der Waals surface area contributed by atoms with Crippen LogP contribution in [0.1, 0.15) is 0 Å². The Balaban J connectivity index is 3.34. The zero-order valence-electron chi connectivity index (χ0n) is 5.41. The lowest BCUT2D eigenvalue weighted by Crippen LogP contribution is -2.17. The minimum Gasteiger partial charge on any atom is -0.0651 e. The summed E-state index contributed by atoms with van der Waals surface area (Å²) in [6.45, 7) is 10.5. The van der Waals surface area contributed by atoms with Crippen molar-refractivity contribution in [1.29, 1.82) is 0 Å². The van der Waals surface area contributed by atoms with E-state index >= 15 is 0 Å². The molecular weight excluding hydrogens is 100 g/mol. The molecule has 1 heteroatoms. The molecule has 0 aliphatic rings. The van der Waals surface area contributed by atoms with E-state index in [2.05, 4.69) is 32.3 Å². The highest BCUT2D eigenvalue weighted by molar-refractivity contribution is 6.76. The molecule has 0 bridgehead atoms. The van der Waals surface area contributed by atoms with E-state index in [1.807, 2.05) is 0 Å². The molecule has 0 rings (SSSR count). The predicted octanol–water partition coefficient (Wildman–Crippen LogP) is 2.31. The third-order valence-corrected chi connectivity index (χ3v) is 1.97. The van der Waals surface area contributed by atoms with Crippen LogP contribution in [0.3, 0.4) is 0 Å². The molecule has 0 nitrogen and oxygen atoms in total. The molecule has 0 aromatic rings. The van der Waals surface area contributed by atoms with E-state index in [0.29, 0.717) is 0 Å². The average Bonchev–Trinajstić information content (AvgIpc) is 1.30. The van der Waals surface area contributed by atoms with Gasteiger partial charge in [-0.3, -0.25) is 0 Å². The van der Waals surface area contributed by atoms with Crippen LogP contribution in [0, 0.1) is 6.08 Å². The lowest BCUT2D eigenvalue weighted by molar-refractivity contribution is 1.48. The van der Waals surface area contributed by atoms with Crippen LogP contribution in [0.2, 0.25) is 25.7 Å².